The molecule has 1 aromatic carbocycles. The summed E-state index contributed by atoms with van der Waals surface area (Å²) >= 11 is 6.30. The van der Waals surface area contributed by atoms with Crippen LogP contribution in [0.25, 0.3) is 5.57 Å². The van der Waals surface area contributed by atoms with Gasteiger partial charge in [-0.25, -0.2) is 5.48 Å². The van der Waals surface area contributed by atoms with Crippen LogP contribution in [-0.4, -0.2) is 59.5 Å². The summed E-state index contributed by atoms with van der Waals surface area (Å²) in [5, 5.41) is 9.91. The van der Waals surface area contributed by atoms with Crippen LogP contribution in [0.1, 0.15) is 31.2 Å². The number of rotatable bonds is 3. The third kappa shape index (κ3) is 3.56. The van der Waals surface area contributed by atoms with E-state index in [1.807, 2.05) is 41.1 Å². The van der Waals surface area contributed by atoms with E-state index in [-0.39, 0.29) is 11.3 Å². The van der Waals surface area contributed by atoms with Gasteiger partial charge in [-0.1, -0.05) is 35.9 Å². The second-order valence-corrected chi connectivity index (χ2v) is 8.80. The van der Waals surface area contributed by atoms with Gasteiger partial charge in [0.15, 0.2) is 0 Å². The van der Waals surface area contributed by atoms with Gasteiger partial charge in [-0.3, -0.25) is 19.7 Å². The Bertz CT molecular complexity index is 821. The molecule has 150 valence electrons. The first kappa shape index (κ1) is 19.4. The topological polar surface area (TPSA) is 72.9 Å². The van der Waals surface area contributed by atoms with Gasteiger partial charge in [0.1, 0.15) is 6.04 Å². The van der Waals surface area contributed by atoms with Gasteiger partial charge in [-0.15, -0.1) is 0 Å². The van der Waals surface area contributed by atoms with Crippen LogP contribution in [0.3, 0.4) is 0 Å². The van der Waals surface area contributed by atoms with Crippen molar-refractivity contribution in [1.29, 1.82) is 0 Å². The molecular formula is C21H26ClN3O3. The summed E-state index contributed by atoms with van der Waals surface area (Å²) in [6.45, 7) is 1.92. The number of likely N-dealkylation sites (N-methyl/N-ethyl adjacent to an activating group) is 1. The molecule has 3 aliphatic rings. The molecule has 1 spiro atoms. The number of piperidine rings is 1. The number of nitrogens with one attached hydrogen (secondary N) is 1. The molecule has 1 aliphatic carbocycles. The maximum absolute atomic E-state index is 13.3. The van der Waals surface area contributed by atoms with Gasteiger partial charge in [0.05, 0.1) is 5.92 Å². The second kappa shape index (κ2) is 7.50. The van der Waals surface area contributed by atoms with E-state index in [0.29, 0.717) is 19.5 Å². The van der Waals surface area contributed by atoms with Crippen molar-refractivity contribution < 1.29 is 14.8 Å². The van der Waals surface area contributed by atoms with Gasteiger partial charge in [-0.05, 0) is 55.3 Å². The first-order chi connectivity index (χ1) is 13.4. The van der Waals surface area contributed by atoms with Crippen LogP contribution in [0, 0.1) is 11.3 Å². The van der Waals surface area contributed by atoms with E-state index in [4.69, 9.17) is 11.6 Å². The molecular weight excluding hydrogens is 378 g/mol. The number of nitrogens with zero attached hydrogens (tertiary/aromatic N) is 2. The van der Waals surface area contributed by atoms with Gasteiger partial charge in [-0.2, -0.15) is 0 Å². The maximum Gasteiger partial charge on any atom is 0.248 e. The van der Waals surface area contributed by atoms with E-state index < -0.39 is 17.9 Å². The molecule has 1 aromatic rings. The van der Waals surface area contributed by atoms with Crippen molar-refractivity contribution in [3.63, 3.8) is 0 Å². The van der Waals surface area contributed by atoms with E-state index in [0.717, 1.165) is 42.0 Å². The molecule has 2 fully saturated rings. The van der Waals surface area contributed by atoms with Crippen LogP contribution in [-0.2, 0) is 9.59 Å². The fourth-order valence-corrected chi connectivity index (χ4v) is 5.08. The number of likely N-dealkylation sites (tertiary alicyclic amines) is 1. The number of hydrogen-bond acceptors (Lipinski definition) is 4. The minimum absolute atomic E-state index is 0.0407. The largest absolute Gasteiger partial charge is 0.337 e. The van der Waals surface area contributed by atoms with Gasteiger partial charge >= 0.3 is 0 Å². The average molecular weight is 404 g/mol. The summed E-state index contributed by atoms with van der Waals surface area (Å²) < 4.78 is 0. The first-order valence-electron chi connectivity index (χ1n) is 9.81. The molecule has 2 unspecified atom stereocenters. The summed E-state index contributed by atoms with van der Waals surface area (Å²) in [6, 6.07) is 7.20. The van der Waals surface area contributed by atoms with E-state index in [1.165, 1.54) is 0 Å². The Morgan fingerprint density at radius 1 is 1.29 bits per heavy atom. The number of halogens is 1. The lowest BCUT2D eigenvalue weighted by atomic mass is 9.80. The SMILES string of the molecule is CN1CC2(CC2)CC(C(=O)NO)C1C(=O)N1CC=C(c2ccccc2Cl)CC1. The van der Waals surface area contributed by atoms with Crippen molar-refractivity contribution in [3.8, 4) is 0 Å². The summed E-state index contributed by atoms with van der Waals surface area (Å²) in [5.41, 5.74) is 4.08. The zero-order chi connectivity index (χ0) is 19.9. The highest BCUT2D eigenvalue weighted by Crippen LogP contribution is 2.54. The highest BCUT2D eigenvalue weighted by Gasteiger charge is 2.55. The molecule has 4 rings (SSSR count). The lowest BCUT2D eigenvalue weighted by Gasteiger charge is -2.43. The van der Waals surface area contributed by atoms with Gasteiger partial charge in [0.2, 0.25) is 11.8 Å². The summed E-state index contributed by atoms with van der Waals surface area (Å²) in [6.07, 6.45) is 5.61. The lowest BCUT2D eigenvalue weighted by molar-refractivity contribution is -0.150. The predicted molar refractivity (Wildman–Crippen MR) is 107 cm³/mol. The molecule has 2 N–H and O–H groups in total. The third-order valence-corrected chi connectivity index (χ3v) is 6.82. The monoisotopic (exact) mass is 403 g/mol. The molecule has 2 amide bonds. The van der Waals surface area contributed by atoms with Crippen LogP contribution < -0.4 is 5.48 Å². The maximum atomic E-state index is 13.3. The van der Waals surface area contributed by atoms with Gasteiger partial charge in [0, 0.05) is 24.7 Å². The number of benzene rings is 1. The highest BCUT2D eigenvalue weighted by molar-refractivity contribution is 6.32. The standard InChI is InChI=1S/C21H26ClN3O3/c1-24-13-21(8-9-21)12-16(19(26)23-28)18(24)20(27)25-10-6-14(7-11-25)15-4-2-3-5-17(15)22/h2-6,16,18,28H,7-13H2,1H3,(H,23,26). The van der Waals surface area contributed by atoms with Crippen molar-refractivity contribution in [2.45, 2.75) is 31.7 Å². The van der Waals surface area contributed by atoms with E-state index in [1.54, 1.807) is 5.48 Å². The molecule has 28 heavy (non-hydrogen) atoms. The lowest BCUT2D eigenvalue weighted by Crippen LogP contribution is -2.59. The van der Waals surface area contributed by atoms with Crippen molar-refractivity contribution >= 4 is 29.0 Å². The molecule has 7 heteroatoms. The van der Waals surface area contributed by atoms with Crippen molar-refractivity contribution in [2.24, 2.45) is 11.3 Å². The Labute approximate surface area is 170 Å². The van der Waals surface area contributed by atoms with Crippen LogP contribution in [0.15, 0.2) is 30.3 Å². The fraction of sp³-hybridized carbons (Fsp3) is 0.524. The summed E-state index contributed by atoms with van der Waals surface area (Å²) in [7, 11) is 1.91. The number of carbonyl (C=O) groups excluding carboxylic acids is 2. The van der Waals surface area contributed by atoms with Crippen LogP contribution in [0.4, 0.5) is 0 Å². The molecule has 0 bridgehead atoms. The number of hydrogen-bond donors (Lipinski definition) is 2. The average Bonchev–Trinajstić information content (AvgIpc) is 3.45. The van der Waals surface area contributed by atoms with Crippen LogP contribution in [0.5, 0.6) is 0 Å². The molecule has 2 aliphatic heterocycles. The van der Waals surface area contributed by atoms with Gasteiger partial charge in [0.25, 0.3) is 0 Å². The summed E-state index contributed by atoms with van der Waals surface area (Å²) in [5.74, 6) is -1.02. The Hall–Kier alpha value is -1.89. The predicted octanol–water partition coefficient (Wildman–Crippen LogP) is 2.56. The molecule has 0 radical (unpaired) electrons. The van der Waals surface area contributed by atoms with Crippen molar-refractivity contribution in [1.82, 2.24) is 15.3 Å². The number of carbonyl (C=O) groups is 2. The zero-order valence-corrected chi connectivity index (χ0v) is 16.8. The Morgan fingerprint density at radius 3 is 2.64 bits per heavy atom. The normalized spacial score (nSPS) is 26.7. The Balaban J connectivity index is 1.50. The minimum atomic E-state index is -0.534. The first-order valence-corrected chi connectivity index (χ1v) is 10.2. The fourth-order valence-electron chi connectivity index (χ4n) is 4.82. The second-order valence-electron chi connectivity index (χ2n) is 8.39. The van der Waals surface area contributed by atoms with Crippen LogP contribution in [0.2, 0.25) is 5.02 Å². The molecule has 2 heterocycles. The molecule has 0 aromatic heterocycles. The van der Waals surface area contributed by atoms with Crippen LogP contribution >= 0.6 is 11.6 Å². The minimum Gasteiger partial charge on any atom is -0.337 e. The van der Waals surface area contributed by atoms with E-state index in [9.17, 15) is 14.8 Å². The highest BCUT2D eigenvalue weighted by atomic mass is 35.5. The Morgan fingerprint density at radius 2 is 2.04 bits per heavy atom. The zero-order valence-electron chi connectivity index (χ0n) is 16.0. The van der Waals surface area contributed by atoms with Gasteiger partial charge < -0.3 is 4.90 Å². The number of hydroxylamine groups is 1. The molecule has 1 saturated carbocycles. The summed E-state index contributed by atoms with van der Waals surface area (Å²) in [4.78, 5) is 29.4. The Kier molecular flexibility index (Phi) is 5.21. The number of amides is 2. The molecule has 6 nitrogen and oxygen atoms in total. The molecule has 1 saturated heterocycles. The van der Waals surface area contributed by atoms with Crippen molar-refractivity contribution in [2.75, 3.05) is 26.7 Å². The van der Waals surface area contributed by atoms with Crippen molar-refractivity contribution in [3.05, 3.63) is 40.9 Å². The van der Waals surface area contributed by atoms with E-state index >= 15 is 0 Å². The smallest absolute Gasteiger partial charge is 0.248 e. The third-order valence-electron chi connectivity index (χ3n) is 6.49. The quantitative estimate of drug-likeness (QED) is 0.601. The van der Waals surface area contributed by atoms with E-state index in [2.05, 4.69) is 6.08 Å². The molecule has 2 atom stereocenters.